The van der Waals surface area contributed by atoms with Crippen molar-refractivity contribution in [3.8, 4) is 0 Å². The van der Waals surface area contributed by atoms with Crippen LogP contribution in [-0.2, 0) is 0 Å². The molecule has 0 heterocycles. The van der Waals surface area contributed by atoms with Crippen LogP contribution in [0.15, 0.2) is 11.1 Å². The zero-order valence-corrected chi connectivity index (χ0v) is 7.42. The molecule has 6 heavy (non-hydrogen) atoms. The van der Waals surface area contributed by atoms with Gasteiger partial charge < -0.3 is 0 Å². The van der Waals surface area contributed by atoms with Crippen molar-refractivity contribution in [2.24, 2.45) is 0 Å². The number of hydrogen-bond acceptors (Lipinski definition) is 0. The Morgan fingerprint density at radius 3 is 2.17 bits per heavy atom. The van der Waals surface area contributed by atoms with Crippen LogP contribution in [0.25, 0.3) is 0 Å². The summed E-state index contributed by atoms with van der Waals surface area (Å²) in [6, 6.07) is 0. The lowest BCUT2D eigenvalue weighted by molar-refractivity contribution is 1.70. The summed E-state index contributed by atoms with van der Waals surface area (Å²) < 4.78 is 0.840. The number of rotatable bonds is 1. The Morgan fingerprint density at radius 1 is 2.00 bits per heavy atom. The van der Waals surface area contributed by atoms with Crippen LogP contribution in [0.5, 0.6) is 0 Å². The first-order valence-electron chi connectivity index (χ1n) is 1.27. The van der Waals surface area contributed by atoms with Crippen molar-refractivity contribution in [2.45, 2.75) is 3.38 Å². The highest BCUT2D eigenvalue weighted by atomic mass is 127. The average Bonchev–Trinajstić information content (AvgIpc) is 1.36. The van der Waals surface area contributed by atoms with Crippen molar-refractivity contribution in [2.75, 3.05) is 0 Å². The van der Waals surface area contributed by atoms with E-state index in [4.69, 9.17) is 11.6 Å². The van der Waals surface area contributed by atoms with E-state index in [9.17, 15) is 0 Å². The van der Waals surface area contributed by atoms with E-state index < -0.39 is 0 Å². The van der Waals surface area contributed by atoms with Crippen LogP contribution < -0.4 is 0 Å². The summed E-state index contributed by atoms with van der Waals surface area (Å²) in [5, 5.41) is 0. The monoisotopic (exact) mass is 280 g/mol. The van der Waals surface area contributed by atoms with Gasteiger partial charge in [-0.05, 0) is 0 Å². The van der Waals surface area contributed by atoms with Gasteiger partial charge in [-0.3, -0.25) is 0 Å². The Balaban J connectivity index is 3.26. The molecule has 0 nitrogen and oxygen atoms in total. The first-order valence-corrected chi connectivity index (χ1v) is 3.74. The zero-order valence-electron chi connectivity index (χ0n) is 2.92. The summed E-state index contributed by atoms with van der Waals surface area (Å²) in [4.78, 5) is 0. The van der Waals surface area contributed by atoms with E-state index in [0.717, 1.165) is 4.48 Å². The van der Waals surface area contributed by atoms with Gasteiger partial charge in [0.1, 0.15) is 3.38 Å². The second-order valence-corrected chi connectivity index (χ2v) is 4.18. The van der Waals surface area contributed by atoms with Crippen LogP contribution in [0, 0.1) is 0 Å². The maximum Gasteiger partial charge on any atom is 0.116 e. The second-order valence-electron chi connectivity index (χ2n) is 0.748. The molecular weight excluding hydrogens is 278 g/mol. The van der Waals surface area contributed by atoms with Gasteiger partial charge in [-0.15, -0.1) is 11.6 Å². The Kier molecular flexibility index (Phi) is 3.94. The van der Waals surface area contributed by atoms with Gasteiger partial charge in [0.15, 0.2) is 0 Å². The first-order chi connectivity index (χ1) is 2.64. The van der Waals surface area contributed by atoms with Gasteiger partial charge in [-0.2, -0.15) is 0 Å². The van der Waals surface area contributed by atoms with Gasteiger partial charge in [0.25, 0.3) is 0 Å². The van der Waals surface area contributed by atoms with Gasteiger partial charge in [0.2, 0.25) is 0 Å². The predicted octanol–water partition coefficient (Wildman–Crippen LogP) is 2.89. The second kappa shape index (κ2) is 3.27. The highest BCUT2D eigenvalue weighted by molar-refractivity contribution is 14.1. The van der Waals surface area contributed by atoms with Gasteiger partial charge in [0.05, 0.1) is 0 Å². The molecule has 0 radical (unpaired) electrons. The van der Waals surface area contributed by atoms with E-state index in [1.807, 2.05) is 0 Å². The summed E-state index contributed by atoms with van der Waals surface area (Å²) in [6.45, 7) is 3.53. The quantitative estimate of drug-likeness (QED) is 0.512. The molecule has 0 aromatic carbocycles. The molecule has 0 N–H and O–H groups in total. The van der Waals surface area contributed by atoms with E-state index in [1.165, 1.54) is 0 Å². The van der Waals surface area contributed by atoms with E-state index in [2.05, 4.69) is 45.1 Å². The van der Waals surface area contributed by atoms with Crippen molar-refractivity contribution in [1.29, 1.82) is 0 Å². The maximum absolute atomic E-state index is 5.45. The fraction of sp³-hybridized carbons (Fsp3) is 0.333. The maximum atomic E-state index is 5.45. The molecule has 0 aliphatic rings. The van der Waals surface area contributed by atoms with Crippen LogP contribution in [0.2, 0.25) is 0 Å². The molecule has 0 aliphatic carbocycles. The minimum Gasteiger partial charge on any atom is -0.106 e. The molecule has 3 heteroatoms. The molecule has 0 saturated carbocycles. The Morgan fingerprint density at radius 2 is 2.17 bits per heavy atom. The highest BCUT2D eigenvalue weighted by Crippen LogP contribution is 2.19. The number of halogens is 3. The minimum absolute atomic E-state index is 0.0163. The molecule has 36 valence electrons. The van der Waals surface area contributed by atoms with Crippen LogP contribution in [0.3, 0.4) is 0 Å². The number of alkyl halides is 2. The summed E-state index contributed by atoms with van der Waals surface area (Å²) >= 11 is 10.6. The molecule has 0 spiro atoms. The summed E-state index contributed by atoms with van der Waals surface area (Å²) in [6.07, 6.45) is 0. The number of hydrogen-bond donors (Lipinski definition) is 0. The molecule has 0 aliphatic heterocycles. The van der Waals surface area contributed by atoms with Crippen molar-refractivity contribution < 1.29 is 0 Å². The molecular formula is C3H3BrClI. The Bertz CT molecular complexity index is 61.8. The van der Waals surface area contributed by atoms with Crippen LogP contribution >= 0.6 is 50.1 Å². The molecule has 0 fully saturated rings. The zero-order chi connectivity index (χ0) is 5.15. The molecule has 0 bridgehead atoms. The third-order valence-electron chi connectivity index (χ3n) is 0.237. The Hall–Kier alpha value is 1.24. The SMILES string of the molecule is C=C(Br)C(Cl)I. The topological polar surface area (TPSA) is 0 Å². The summed E-state index contributed by atoms with van der Waals surface area (Å²) in [5.41, 5.74) is 0. The summed E-state index contributed by atoms with van der Waals surface area (Å²) in [5.74, 6) is 0. The van der Waals surface area contributed by atoms with Crippen molar-refractivity contribution >= 4 is 50.1 Å². The largest absolute Gasteiger partial charge is 0.116 e. The normalized spacial score (nSPS) is 13.8. The third kappa shape index (κ3) is 3.43. The standard InChI is InChI=1S/C3H3BrClI/c1-2(4)3(5)6/h3H,1H2. The van der Waals surface area contributed by atoms with Crippen LogP contribution in [0.4, 0.5) is 0 Å². The van der Waals surface area contributed by atoms with E-state index in [1.54, 1.807) is 0 Å². The van der Waals surface area contributed by atoms with Gasteiger partial charge in [0, 0.05) is 4.48 Å². The molecule has 0 saturated heterocycles. The van der Waals surface area contributed by atoms with Crippen molar-refractivity contribution in [3.63, 3.8) is 0 Å². The minimum atomic E-state index is 0.0163. The lowest BCUT2D eigenvalue weighted by atomic mass is 10.8. The van der Waals surface area contributed by atoms with Gasteiger partial charge in [-0.25, -0.2) is 0 Å². The summed E-state index contributed by atoms with van der Waals surface area (Å²) in [7, 11) is 0. The van der Waals surface area contributed by atoms with Crippen LogP contribution in [-0.4, -0.2) is 3.38 Å². The van der Waals surface area contributed by atoms with Gasteiger partial charge >= 0.3 is 0 Å². The van der Waals surface area contributed by atoms with E-state index >= 15 is 0 Å². The first kappa shape index (κ1) is 7.24. The van der Waals surface area contributed by atoms with Gasteiger partial charge in [-0.1, -0.05) is 45.1 Å². The van der Waals surface area contributed by atoms with Crippen LogP contribution in [0.1, 0.15) is 0 Å². The lowest BCUT2D eigenvalue weighted by Crippen LogP contribution is -1.77. The lowest BCUT2D eigenvalue weighted by Gasteiger charge is -1.90. The fourth-order valence-corrected chi connectivity index (χ4v) is 0. The number of allylic oxidation sites excluding steroid dienone is 1. The molecule has 1 unspecified atom stereocenters. The average molecular weight is 281 g/mol. The predicted molar refractivity (Wildman–Crippen MR) is 41.7 cm³/mol. The van der Waals surface area contributed by atoms with Crippen molar-refractivity contribution in [3.05, 3.63) is 11.1 Å². The molecule has 0 rings (SSSR count). The third-order valence-corrected chi connectivity index (χ3v) is 2.83. The molecule has 1 atom stereocenters. The van der Waals surface area contributed by atoms with E-state index in [-0.39, 0.29) is 3.38 Å². The molecule has 0 aromatic rings. The Labute approximate surface area is 64.2 Å². The molecule has 0 aromatic heterocycles. The van der Waals surface area contributed by atoms with Crippen molar-refractivity contribution in [1.82, 2.24) is 0 Å². The highest BCUT2D eigenvalue weighted by Gasteiger charge is 1.95. The fourth-order valence-electron chi connectivity index (χ4n) is 0. The smallest absolute Gasteiger partial charge is 0.106 e. The van der Waals surface area contributed by atoms with E-state index in [0.29, 0.717) is 0 Å². The molecule has 0 amide bonds.